The van der Waals surface area contributed by atoms with Crippen molar-refractivity contribution in [2.24, 2.45) is 17.3 Å². The molecule has 1 saturated carbocycles. The van der Waals surface area contributed by atoms with Crippen LogP contribution in [0.2, 0.25) is 0 Å². The molecule has 6 nitrogen and oxygen atoms in total. The van der Waals surface area contributed by atoms with E-state index in [2.05, 4.69) is 4.74 Å². The van der Waals surface area contributed by atoms with Crippen LogP contribution in [0.1, 0.15) is 45.4 Å². The average Bonchev–Trinajstić information content (AvgIpc) is 2.89. The van der Waals surface area contributed by atoms with Gasteiger partial charge in [0.25, 0.3) is 0 Å². The molecule has 2 N–H and O–H groups in total. The smallest absolute Gasteiger partial charge is 0.306 e. The maximum atomic E-state index is 13.3. The van der Waals surface area contributed by atoms with Crippen LogP contribution in [0.15, 0.2) is 12.2 Å². The van der Waals surface area contributed by atoms with Gasteiger partial charge in [-0.05, 0) is 32.6 Å². The lowest BCUT2D eigenvalue weighted by atomic mass is 9.65. The highest BCUT2D eigenvalue weighted by Gasteiger charge is 2.68. The molecule has 1 fully saturated rings. The summed E-state index contributed by atoms with van der Waals surface area (Å²) in [4.78, 5) is 37.4. The number of carbonyl (C=O) groups excluding carboxylic acids is 3. The topological polar surface area (TPSA) is 101 Å². The number of ether oxygens (including phenoxy) is 1. The molecule has 0 saturated heterocycles. The molecule has 0 aromatic carbocycles. The SMILES string of the molecule is COC(=O)CCSC(=O)[C@]1([C@@H](O)[C@@H]2C=CCCC2)CC(=O)[C@H](CCCl)[C@]1(C)O. The minimum Gasteiger partial charge on any atom is -0.469 e. The van der Waals surface area contributed by atoms with Crippen LogP contribution in [0.4, 0.5) is 0 Å². The van der Waals surface area contributed by atoms with Crippen LogP contribution in [0.5, 0.6) is 0 Å². The van der Waals surface area contributed by atoms with Crippen molar-refractivity contribution in [3.63, 3.8) is 0 Å². The molecule has 0 spiro atoms. The van der Waals surface area contributed by atoms with Gasteiger partial charge in [0.05, 0.1) is 25.2 Å². The first-order valence-electron chi connectivity index (χ1n) is 9.62. The van der Waals surface area contributed by atoms with Crippen molar-refractivity contribution in [2.75, 3.05) is 18.7 Å². The highest BCUT2D eigenvalue weighted by Crippen LogP contribution is 2.56. The molecule has 2 aliphatic carbocycles. The normalized spacial score (nSPS) is 33.7. The van der Waals surface area contributed by atoms with Gasteiger partial charge in [-0.3, -0.25) is 14.4 Å². The quantitative estimate of drug-likeness (QED) is 0.345. The molecule has 0 aliphatic heterocycles. The molecule has 2 rings (SSSR count). The summed E-state index contributed by atoms with van der Waals surface area (Å²) in [7, 11) is 1.27. The van der Waals surface area contributed by atoms with Gasteiger partial charge in [0.2, 0.25) is 5.12 Å². The first kappa shape index (κ1) is 23.4. The molecule has 5 atom stereocenters. The lowest BCUT2D eigenvalue weighted by molar-refractivity contribution is -0.161. The maximum absolute atomic E-state index is 13.3. The van der Waals surface area contributed by atoms with Crippen molar-refractivity contribution >= 4 is 40.2 Å². The Morgan fingerprint density at radius 1 is 1.46 bits per heavy atom. The Hall–Kier alpha value is -0.890. The number of allylic oxidation sites excluding steroid dienone is 1. The molecule has 0 aromatic heterocycles. The first-order valence-corrected chi connectivity index (χ1v) is 11.1. The summed E-state index contributed by atoms with van der Waals surface area (Å²) in [6, 6.07) is 0. The molecule has 8 heteroatoms. The third-order valence-electron chi connectivity index (χ3n) is 6.15. The number of carbonyl (C=O) groups is 3. The molecule has 158 valence electrons. The number of ketones is 1. The predicted octanol–water partition coefficient (Wildman–Crippen LogP) is 2.48. The molecule has 0 unspecified atom stereocenters. The van der Waals surface area contributed by atoms with Crippen LogP contribution in [0.25, 0.3) is 0 Å². The monoisotopic (exact) mass is 432 g/mol. The second kappa shape index (κ2) is 9.74. The number of hydrogen-bond donors (Lipinski definition) is 2. The van der Waals surface area contributed by atoms with Gasteiger partial charge < -0.3 is 14.9 Å². The summed E-state index contributed by atoms with van der Waals surface area (Å²) < 4.78 is 4.59. The van der Waals surface area contributed by atoms with Gasteiger partial charge in [0.15, 0.2) is 0 Å². The van der Waals surface area contributed by atoms with Crippen LogP contribution < -0.4 is 0 Å². The molecule has 0 aromatic rings. The number of rotatable bonds is 8. The fraction of sp³-hybridized carbons (Fsp3) is 0.750. The van der Waals surface area contributed by atoms with Gasteiger partial charge in [-0.1, -0.05) is 23.9 Å². The Balaban J connectivity index is 2.36. The Labute approximate surface area is 175 Å². The largest absolute Gasteiger partial charge is 0.469 e. The highest BCUT2D eigenvalue weighted by atomic mass is 35.5. The highest BCUT2D eigenvalue weighted by molar-refractivity contribution is 8.13. The Morgan fingerprint density at radius 3 is 2.75 bits per heavy atom. The lowest BCUT2D eigenvalue weighted by Crippen LogP contribution is -2.58. The van der Waals surface area contributed by atoms with E-state index in [1.54, 1.807) is 0 Å². The van der Waals surface area contributed by atoms with Crippen molar-refractivity contribution in [3.8, 4) is 0 Å². The van der Waals surface area contributed by atoms with Crippen LogP contribution in [-0.2, 0) is 19.1 Å². The van der Waals surface area contributed by atoms with E-state index in [1.165, 1.54) is 14.0 Å². The summed E-state index contributed by atoms with van der Waals surface area (Å²) in [6.45, 7) is 1.46. The number of halogens is 1. The molecule has 0 radical (unpaired) electrons. The van der Waals surface area contributed by atoms with Crippen molar-refractivity contribution in [1.82, 2.24) is 0 Å². The molecule has 0 bridgehead atoms. The molecular weight excluding hydrogens is 404 g/mol. The second-order valence-corrected chi connectivity index (χ2v) is 9.17. The van der Waals surface area contributed by atoms with Gasteiger partial charge in [-0.2, -0.15) is 0 Å². The molecule has 2 aliphatic rings. The summed E-state index contributed by atoms with van der Waals surface area (Å²) in [5.41, 5.74) is -3.35. The van der Waals surface area contributed by atoms with Crippen molar-refractivity contribution < 1.29 is 29.3 Å². The summed E-state index contributed by atoms with van der Waals surface area (Å²) in [5.74, 6) is -1.49. The van der Waals surface area contributed by atoms with Crippen molar-refractivity contribution in [2.45, 2.75) is 57.2 Å². The first-order chi connectivity index (χ1) is 13.2. The number of esters is 1. The summed E-state index contributed by atoms with van der Waals surface area (Å²) in [5, 5.41) is 22.2. The number of thioether (sulfide) groups is 1. The molecular formula is C20H29ClO6S. The maximum Gasteiger partial charge on any atom is 0.306 e. The Bertz CT molecular complexity index is 634. The van der Waals surface area contributed by atoms with Crippen LogP contribution >= 0.6 is 23.4 Å². The van der Waals surface area contributed by atoms with E-state index in [4.69, 9.17) is 11.6 Å². The zero-order valence-corrected chi connectivity index (χ0v) is 17.9. The molecule has 0 amide bonds. The summed E-state index contributed by atoms with van der Waals surface area (Å²) >= 11 is 6.69. The van der Waals surface area contributed by atoms with Crippen LogP contribution in [0.3, 0.4) is 0 Å². The lowest BCUT2D eigenvalue weighted by Gasteiger charge is -2.45. The standard InChI is InChI=1S/C20H29ClO6S/c1-19(26)14(8-10-21)15(22)12-20(19,17(24)13-6-4-3-5-7-13)18(25)28-11-9-16(23)27-2/h4,6,13-14,17,24,26H,3,5,7-12H2,1-2H3/t13-,14+,17+,19+,20-/m1/s1. The number of aliphatic hydroxyl groups excluding tert-OH is 1. The van der Waals surface area contributed by atoms with Gasteiger partial charge in [-0.15, -0.1) is 11.6 Å². The third kappa shape index (κ3) is 4.32. The fourth-order valence-electron chi connectivity index (χ4n) is 4.48. The Kier molecular flexibility index (Phi) is 8.14. The number of Topliss-reactive ketones (excluding diaryl/α,β-unsaturated/α-hetero) is 1. The third-order valence-corrected chi connectivity index (χ3v) is 7.41. The van der Waals surface area contributed by atoms with E-state index in [9.17, 15) is 24.6 Å². The van der Waals surface area contributed by atoms with E-state index in [0.717, 1.165) is 24.6 Å². The zero-order chi connectivity index (χ0) is 20.9. The number of hydrogen-bond acceptors (Lipinski definition) is 7. The van der Waals surface area contributed by atoms with E-state index < -0.39 is 34.1 Å². The van der Waals surface area contributed by atoms with E-state index in [0.29, 0.717) is 6.42 Å². The molecule has 0 heterocycles. The van der Waals surface area contributed by atoms with E-state index >= 15 is 0 Å². The van der Waals surface area contributed by atoms with Crippen molar-refractivity contribution in [1.29, 1.82) is 0 Å². The van der Waals surface area contributed by atoms with Crippen molar-refractivity contribution in [3.05, 3.63) is 12.2 Å². The fourth-order valence-corrected chi connectivity index (χ4v) is 5.81. The summed E-state index contributed by atoms with van der Waals surface area (Å²) in [6.07, 6.45) is 5.15. The number of methoxy groups -OCH3 is 1. The predicted molar refractivity (Wildman–Crippen MR) is 108 cm³/mol. The van der Waals surface area contributed by atoms with Gasteiger partial charge in [0.1, 0.15) is 11.2 Å². The van der Waals surface area contributed by atoms with Gasteiger partial charge in [-0.25, -0.2) is 0 Å². The van der Waals surface area contributed by atoms with E-state index in [1.807, 2.05) is 12.2 Å². The average molecular weight is 433 g/mol. The Morgan fingerprint density at radius 2 is 2.18 bits per heavy atom. The molecule has 28 heavy (non-hydrogen) atoms. The van der Waals surface area contributed by atoms with Gasteiger partial charge >= 0.3 is 5.97 Å². The van der Waals surface area contributed by atoms with Crippen LogP contribution in [0, 0.1) is 17.3 Å². The zero-order valence-electron chi connectivity index (χ0n) is 16.4. The minimum atomic E-state index is -1.72. The van der Waals surface area contributed by atoms with E-state index in [-0.39, 0.29) is 42.6 Å². The number of alkyl halides is 1. The number of aliphatic hydroxyl groups is 2. The van der Waals surface area contributed by atoms with Gasteiger partial charge in [0, 0.05) is 29.9 Å². The second-order valence-electron chi connectivity index (χ2n) is 7.72. The minimum absolute atomic E-state index is 0.0314. The van der Waals surface area contributed by atoms with Crippen LogP contribution in [-0.4, -0.2) is 57.5 Å².